The maximum Gasteiger partial charge on any atom is 0.158 e. The molecule has 0 bridgehead atoms. The summed E-state index contributed by atoms with van der Waals surface area (Å²) in [5, 5.41) is 0. The van der Waals surface area contributed by atoms with Crippen LogP contribution >= 0.6 is 0 Å². The van der Waals surface area contributed by atoms with Gasteiger partial charge in [-0.2, -0.15) is 0 Å². The van der Waals surface area contributed by atoms with Crippen LogP contribution in [0.5, 0.6) is 0 Å². The third-order valence-electron chi connectivity index (χ3n) is 1.96. The average Bonchev–Trinajstić information content (AvgIpc) is 2.17. The van der Waals surface area contributed by atoms with Crippen molar-refractivity contribution < 1.29 is 9.47 Å². The van der Waals surface area contributed by atoms with Crippen molar-refractivity contribution in [3.8, 4) is 12.3 Å². The number of terminal acetylenes is 1. The largest absolute Gasteiger partial charge is 0.353 e. The average molecular weight is 180 g/mol. The number of allylic oxidation sites excluding steroid dienone is 1. The Morgan fingerprint density at radius 1 is 1.69 bits per heavy atom. The first kappa shape index (κ1) is 10.3. The van der Waals surface area contributed by atoms with Crippen molar-refractivity contribution >= 4 is 0 Å². The van der Waals surface area contributed by atoms with E-state index in [2.05, 4.69) is 5.92 Å². The van der Waals surface area contributed by atoms with Gasteiger partial charge in [0.1, 0.15) is 0 Å². The molecule has 1 aliphatic heterocycles. The van der Waals surface area contributed by atoms with Crippen molar-refractivity contribution in [1.29, 1.82) is 0 Å². The molecule has 1 atom stereocenters. The summed E-state index contributed by atoms with van der Waals surface area (Å²) in [7, 11) is 0. The summed E-state index contributed by atoms with van der Waals surface area (Å²) in [6.45, 7) is 3.36. The lowest BCUT2D eigenvalue weighted by Gasteiger charge is -2.22. The summed E-state index contributed by atoms with van der Waals surface area (Å²) in [5.41, 5.74) is 1.07. The van der Waals surface area contributed by atoms with Gasteiger partial charge in [-0.1, -0.05) is 5.92 Å². The van der Waals surface area contributed by atoms with Gasteiger partial charge in [-0.3, -0.25) is 0 Å². The van der Waals surface area contributed by atoms with Gasteiger partial charge < -0.3 is 9.47 Å². The smallest absolute Gasteiger partial charge is 0.158 e. The van der Waals surface area contributed by atoms with Crippen LogP contribution in [0.2, 0.25) is 0 Å². The Morgan fingerprint density at radius 2 is 2.54 bits per heavy atom. The quantitative estimate of drug-likeness (QED) is 0.619. The summed E-state index contributed by atoms with van der Waals surface area (Å²) in [4.78, 5) is 0. The zero-order chi connectivity index (χ0) is 9.52. The van der Waals surface area contributed by atoms with E-state index in [0.29, 0.717) is 6.61 Å². The molecule has 0 aromatic carbocycles. The first-order chi connectivity index (χ1) is 6.33. The standard InChI is InChI=1S/C11H16O2/c1-3-6-10(2)9-13-11-7-4-5-8-12-11/h1,6,11H,4-5,7-9H2,2H3/b10-6+. The van der Waals surface area contributed by atoms with Gasteiger partial charge in [-0.25, -0.2) is 0 Å². The van der Waals surface area contributed by atoms with Gasteiger partial charge >= 0.3 is 0 Å². The predicted octanol–water partition coefficient (Wildman–Crippen LogP) is 2.11. The molecule has 0 saturated carbocycles. The van der Waals surface area contributed by atoms with Gasteiger partial charge in [0.2, 0.25) is 0 Å². The van der Waals surface area contributed by atoms with Crippen LogP contribution < -0.4 is 0 Å². The Labute approximate surface area is 79.9 Å². The van der Waals surface area contributed by atoms with E-state index in [9.17, 15) is 0 Å². The lowest BCUT2D eigenvalue weighted by Crippen LogP contribution is -2.22. The summed E-state index contributed by atoms with van der Waals surface area (Å²) < 4.78 is 10.9. The Balaban J connectivity index is 2.18. The second-order valence-electron chi connectivity index (χ2n) is 3.26. The maximum atomic E-state index is 5.51. The van der Waals surface area contributed by atoms with Gasteiger partial charge in [-0.15, -0.1) is 6.42 Å². The lowest BCUT2D eigenvalue weighted by molar-refractivity contribution is -0.156. The van der Waals surface area contributed by atoms with Crippen LogP contribution in [0, 0.1) is 12.3 Å². The zero-order valence-electron chi connectivity index (χ0n) is 8.08. The molecule has 0 aliphatic carbocycles. The zero-order valence-corrected chi connectivity index (χ0v) is 8.08. The minimum atomic E-state index is -0.0186. The molecule has 0 spiro atoms. The molecule has 2 nitrogen and oxygen atoms in total. The topological polar surface area (TPSA) is 18.5 Å². The van der Waals surface area contributed by atoms with E-state index in [4.69, 9.17) is 15.9 Å². The van der Waals surface area contributed by atoms with E-state index >= 15 is 0 Å². The predicted molar refractivity (Wildman–Crippen MR) is 52.1 cm³/mol. The molecule has 2 heteroatoms. The number of rotatable bonds is 3. The maximum absolute atomic E-state index is 5.51. The van der Waals surface area contributed by atoms with Crippen LogP contribution in [0.4, 0.5) is 0 Å². The van der Waals surface area contributed by atoms with Gasteiger partial charge in [0.25, 0.3) is 0 Å². The highest BCUT2D eigenvalue weighted by Crippen LogP contribution is 2.14. The number of ether oxygens (including phenoxy) is 2. The van der Waals surface area contributed by atoms with Gasteiger partial charge in [0.05, 0.1) is 6.61 Å². The highest BCUT2D eigenvalue weighted by Gasteiger charge is 2.13. The molecule has 0 amide bonds. The molecular formula is C11H16O2. The fourth-order valence-electron chi connectivity index (χ4n) is 1.25. The van der Waals surface area contributed by atoms with E-state index in [1.54, 1.807) is 6.08 Å². The Morgan fingerprint density at radius 3 is 3.15 bits per heavy atom. The normalized spacial score (nSPS) is 24.0. The van der Waals surface area contributed by atoms with E-state index in [1.165, 1.54) is 6.42 Å². The Hall–Kier alpha value is -0.780. The summed E-state index contributed by atoms with van der Waals surface area (Å²) in [6, 6.07) is 0. The second-order valence-corrected chi connectivity index (χ2v) is 3.26. The minimum Gasteiger partial charge on any atom is -0.353 e. The third-order valence-corrected chi connectivity index (χ3v) is 1.96. The fourth-order valence-corrected chi connectivity index (χ4v) is 1.25. The van der Waals surface area contributed by atoms with E-state index in [-0.39, 0.29) is 6.29 Å². The molecule has 13 heavy (non-hydrogen) atoms. The van der Waals surface area contributed by atoms with Crippen molar-refractivity contribution in [3.63, 3.8) is 0 Å². The monoisotopic (exact) mass is 180 g/mol. The minimum absolute atomic E-state index is 0.0186. The van der Waals surface area contributed by atoms with Gasteiger partial charge in [-0.05, 0) is 37.8 Å². The van der Waals surface area contributed by atoms with Crippen LogP contribution in [0.25, 0.3) is 0 Å². The van der Waals surface area contributed by atoms with E-state index in [0.717, 1.165) is 25.0 Å². The SMILES string of the molecule is C#C/C=C(\C)COC1CCCCO1. The lowest BCUT2D eigenvalue weighted by atomic mass is 10.2. The van der Waals surface area contributed by atoms with Crippen molar-refractivity contribution in [2.75, 3.05) is 13.2 Å². The third kappa shape index (κ3) is 4.12. The molecule has 1 aliphatic rings. The Bertz CT molecular complexity index is 207. The van der Waals surface area contributed by atoms with Crippen molar-refractivity contribution in [1.82, 2.24) is 0 Å². The molecule has 0 N–H and O–H groups in total. The molecular weight excluding hydrogens is 164 g/mol. The number of hydrogen-bond donors (Lipinski definition) is 0. The first-order valence-electron chi connectivity index (χ1n) is 4.68. The van der Waals surface area contributed by atoms with E-state index < -0.39 is 0 Å². The fraction of sp³-hybridized carbons (Fsp3) is 0.636. The molecule has 72 valence electrons. The van der Waals surface area contributed by atoms with Crippen LogP contribution in [0.1, 0.15) is 26.2 Å². The molecule has 1 fully saturated rings. The Kier molecular flexibility index (Phi) is 4.59. The highest BCUT2D eigenvalue weighted by molar-refractivity contribution is 5.15. The highest BCUT2D eigenvalue weighted by atomic mass is 16.7. The summed E-state index contributed by atoms with van der Waals surface area (Å²) in [6.07, 6.45) is 10.2. The summed E-state index contributed by atoms with van der Waals surface area (Å²) in [5.74, 6) is 2.47. The first-order valence-corrected chi connectivity index (χ1v) is 4.68. The van der Waals surface area contributed by atoms with Gasteiger partial charge in [0.15, 0.2) is 6.29 Å². The van der Waals surface area contributed by atoms with Crippen molar-refractivity contribution in [2.24, 2.45) is 0 Å². The second kappa shape index (κ2) is 5.80. The van der Waals surface area contributed by atoms with Crippen LogP contribution in [0.15, 0.2) is 11.6 Å². The number of hydrogen-bond acceptors (Lipinski definition) is 2. The molecule has 0 radical (unpaired) electrons. The molecule has 0 aromatic heterocycles. The van der Waals surface area contributed by atoms with Crippen molar-refractivity contribution in [2.45, 2.75) is 32.5 Å². The van der Waals surface area contributed by atoms with Crippen LogP contribution in [0.3, 0.4) is 0 Å². The molecule has 0 aromatic rings. The van der Waals surface area contributed by atoms with Crippen LogP contribution in [-0.2, 0) is 9.47 Å². The van der Waals surface area contributed by atoms with Gasteiger partial charge in [0, 0.05) is 6.61 Å². The van der Waals surface area contributed by atoms with Crippen molar-refractivity contribution in [3.05, 3.63) is 11.6 Å². The molecule has 1 heterocycles. The van der Waals surface area contributed by atoms with E-state index in [1.807, 2.05) is 6.92 Å². The van der Waals surface area contributed by atoms with Crippen LogP contribution in [-0.4, -0.2) is 19.5 Å². The summed E-state index contributed by atoms with van der Waals surface area (Å²) >= 11 is 0. The molecule has 1 rings (SSSR count). The molecule has 1 unspecified atom stereocenters. The molecule has 1 saturated heterocycles.